The van der Waals surface area contributed by atoms with Gasteiger partial charge in [0.15, 0.2) is 11.5 Å². The fourth-order valence-electron chi connectivity index (χ4n) is 3.87. The van der Waals surface area contributed by atoms with Gasteiger partial charge < -0.3 is 10.6 Å². The Kier molecular flexibility index (Phi) is 5.56. The summed E-state index contributed by atoms with van der Waals surface area (Å²) in [5.41, 5.74) is 1.32. The van der Waals surface area contributed by atoms with Crippen molar-refractivity contribution in [2.24, 2.45) is 0 Å². The van der Waals surface area contributed by atoms with Crippen molar-refractivity contribution in [3.8, 4) is 5.69 Å². The molecule has 0 aliphatic heterocycles. The maximum absolute atomic E-state index is 13.5. The molecule has 0 spiro atoms. The molecule has 2 N–H and O–H groups in total. The van der Waals surface area contributed by atoms with Gasteiger partial charge in [0, 0.05) is 29.8 Å². The Labute approximate surface area is 195 Å². The van der Waals surface area contributed by atoms with E-state index in [2.05, 4.69) is 20.6 Å². The van der Waals surface area contributed by atoms with Gasteiger partial charge in [-0.25, -0.2) is 9.97 Å². The van der Waals surface area contributed by atoms with Gasteiger partial charge in [0.2, 0.25) is 0 Å². The van der Waals surface area contributed by atoms with Gasteiger partial charge in [-0.1, -0.05) is 41.9 Å². The summed E-state index contributed by atoms with van der Waals surface area (Å²) in [6.45, 7) is 1.84. The minimum Gasteiger partial charge on any atom is -0.365 e. The van der Waals surface area contributed by atoms with E-state index in [0.717, 1.165) is 12.8 Å². The molecule has 2 heterocycles. The molecule has 0 saturated heterocycles. The van der Waals surface area contributed by atoms with Gasteiger partial charge >= 0.3 is 0 Å². The van der Waals surface area contributed by atoms with Gasteiger partial charge in [-0.3, -0.25) is 14.2 Å². The van der Waals surface area contributed by atoms with Crippen LogP contribution in [-0.2, 0) is 0 Å². The van der Waals surface area contributed by atoms with Crippen molar-refractivity contribution in [1.29, 1.82) is 0 Å². The average molecular weight is 460 g/mol. The van der Waals surface area contributed by atoms with E-state index in [1.807, 2.05) is 49.4 Å². The number of para-hydroxylation sites is 1. The van der Waals surface area contributed by atoms with Crippen LogP contribution in [0, 0.1) is 0 Å². The number of aromatic nitrogens is 3. The molecule has 1 amide bonds. The van der Waals surface area contributed by atoms with E-state index in [9.17, 15) is 9.59 Å². The molecule has 0 radical (unpaired) electrons. The Bertz CT molecular complexity index is 1400. The first-order valence-corrected chi connectivity index (χ1v) is 11.2. The maximum atomic E-state index is 13.5. The number of nitrogens with zero attached hydrogens (tertiary/aromatic N) is 3. The van der Waals surface area contributed by atoms with E-state index in [1.54, 1.807) is 22.9 Å². The van der Waals surface area contributed by atoms with Crippen LogP contribution in [0.5, 0.6) is 0 Å². The third-order valence-corrected chi connectivity index (χ3v) is 5.98. The van der Waals surface area contributed by atoms with E-state index in [4.69, 9.17) is 11.6 Å². The Morgan fingerprint density at radius 1 is 1.09 bits per heavy atom. The summed E-state index contributed by atoms with van der Waals surface area (Å²) in [6, 6.07) is 16.4. The fraction of sp³-hybridized carbons (Fsp3) is 0.200. The number of halogens is 1. The number of nitrogens with one attached hydrogen (secondary N) is 2. The zero-order chi connectivity index (χ0) is 22.9. The van der Waals surface area contributed by atoms with Crippen molar-refractivity contribution >= 4 is 34.1 Å². The summed E-state index contributed by atoms with van der Waals surface area (Å²) in [6.07, 6.45) is 5.16. The first kappa shape index (κ1) is 21.2. The van der Waals surface area contributed by atoms with Crippen molar-refractivity contribution in [2.45, 2.75) is 31.8 Å². The molecule has 4 aromatic rings. The lowest BCUT2D eigenvalue weighted by molar-refractivity contribution is 0.0934. The average Bonchev–Trinajstić information content (AvgIpc) is 3.63. The molecule has 2 aromatic carbocycles. The van der Waals surface area contributed by atoms with Gasteiger partial charge in [-0.05, 0) is 49.4 Å². The molecule has 2 aromatic heterocycles. The van der Waals surface area contributed by atoms with Crippen LogP contribution in [0.1, 0.15) is 42.0 Å². The SMILES string of the molecule is CC(NC(=O)c1nccnc1NC1CC1)c1cc2cccc(Cl)c2c(=O)n1-c1ccccc1. The molecular weight excluding hydrogens is 438 g/mol. The summed E-state index contributed by atoms with van der Waals surface area (Å²) in [4.78, 5) is 35.2. The number of fused-ring (bicyclic) bond motifs is 1. The summed E-state index contributed by atoms with van der Waals surface area (Å²) >= 11 is 6.38. The molecule has 33 heavy (non-hydrogen) atoms. The van der Waals surface area contributed by atoms with E-state index in [1.165, 1.54) is 6.20 Å². The molecular formula is C25H22ClN5O2. The smallest absolute Gasteiger partial charge is 0.274 e. The molecule has 1 unspecified atom stereocenters. The molecule has 1 aliphatic rings. The fourth-order valence-corrected chi connectivity index (χ4v) is 4.13. The largest absolute Gasteiger partial charge is 0.365 e. The van der Waals surface area contributed by atoms with Gasteiger partial charge in [-0.2, -0.15) is 0 Å². The second-order valence-corrected chi connectivity index (χ2v) is 8.52. The molecule has 1 aliphatic carbocycles. The molecule has 166 valence electrons. The second kappa shape index (κ2) is 8.67. The van der Waals surface area contributed by atoms with Crippen LogP contribution in [0.25, 0.3) is 16.5 Å². The highest BCUT2D eigenvalue weighted by atomic mass is 35.5. The Hall–Kier alpha value is -3.71. The lowest BCUT2D eigenvalue weighted by Crippen LogP contribution is -2.33. The summed E-state index contributed by atoms with van der Waals surface area (Å²) in [5.74, 6) is 0.104. The van der Waals surface area contributed by atoms with Gasteiger partial charge in [-0.15, -0.1) is 0 Å². The van der Waals surface area contributed by atoms with Crippen molar-refractivity contribution in [3.63, 3.8) is 0 Å². The zero-order valence-corrected chi connectivity index (χ0v) is 18.7. The number of amides is 1. The molecule has 8 heteroatoms. The third kappa shape index (κ3) is 4.19. The normalized spacial score (nSPS) is 14.1. The number of hydrogen-bond acceptors (Lipinski definition) is 5. The second-order valence-electron chi connectivity index (χ2n) is 8.12. The highest BCUT2D eigenvalue weighted by molar-refractivity contribution is 6.35. The Balaban J connectivity index is 1.57. The first-order valence-electron chi connectivity index (χ1n) is 10.8. The summed E-state index contributed by atoms with van der Waals surface area (Å²) in [5, 5.41) is 7.78. The van der Waals surface area contributed by atoms with Crippen molar-refractivity contribution in [3.05, 3.63) is 93.8 Å². The molecule has 5 rings (SSSR count). The molecule has 7 nitrogen and oxygen atoms in total. The summed E-state index contributed by atoms with van der Waals surface area (Å²) in [7, 11) is 0. The number of carbonyl (C=O) groups excluding carboxylic acids is 1. The quantitative estimate of drug-likeness (QED) is 0.443. The number of carbonyl (C=O) groups is 1. The number of rotatable bonds is 6. The van der Waals surface area contributed by atoms with Crippen LogP contribution < -0.4 is 16.2 Å². The molecule has 1 atom stereocenters. The lowest BCUT2D eigenvalue weighted by Gasteiger charge is -2.21. The van der Waals surface area contributed by atoms with Crippen LogP contribution in [0.4, 0.5) is 5.82 Å². The molecule has 0 bridgehead atoms. The third-order valence-electron chi connectivity index (χ3n) is 5.66. The van der Waals surface area contributed by atoms with Crippen molar-refractivity contribution in [1.82, 2.24) is 19.9 Å². The van der Waals surface area contributed by atoms with Gasteiger partial charge in [0.05, 0.1) is 16.5 Å². The van der Waals surface area contributed by atoms with E-state index < -0.39 is 6.04 Å². The van der Waals surface area contributed by atoms with E-state index in [-0.39, 0.29) is 17.2 Å². The topological polar surface area (TPSA) is 88.9 Å². The van der Waals surface area contributed by atoms with Gasteiger partial charge in [0.1, 0.15) is 0 Å². The predicted molar refractivity (Wildman–Crippen MR) is 129 cm³/mol. The van der Waals surface area contributed by atoms with Crippen molar-refractivity contribution in [2.75, 3.05) is 5.32 Å². The minimum absolute atomic E-state index is 0.230. The molecule has 1 fully saturated rings. The van der Waals surface area contributed by atoms with Crippen LogP contribution in [0.15, 0.2) is 71.8 Å². The van der Waals surface area contributed by atoms with Gasteiger partial charge in [0.25, 0.3) is 11.5 Å². The highest BCUT2D eigenvalue weighted by Crippen LogP contribution is 2.27. The number of benzene rings is 2. The highest BCUT2D eigenvalue weighted by Gasteiger charge is 2.26. The van der Waals surface area contributed by atoms with Crippen LogP contribution in [0.3, 0.4) is 0 Å². The van der Waals surface area contributed by atoms with Crippen LogP contribution >= 0.6 is 11.6 Å². The minimum atomic E-state index is -0.496. The number of hydrogen-bond donors (Lipinski definition) is 2. The summed E-state index contributed by atoms with van der Waals surface area (Å²) < 4.78 is 1.60. The lowest BCUT2D eigenvalue weighted by atomic mass is 10.1. The van der Waals surface area contributed by atoms with Crippen LogP contribution in [-0.4, -0.2) is 26.5 Å². The van der Waals surface area contributed by atoms with Crippen LogP contribution in [0.2, 0.25) is 5.02 Å². The Morgan fingerprint density at radius 2 is 1.85 bits per heavy atom. The number of anilines is 1. The zero-order valence-electron chi connectivity index (χ0n) is 18.0. The molecule has 1 saturated carbocycles. The predicted octanol–water partition coefficient (Wildman–Crippen LogP) is 4.50. The maximum Gasteiger partial charge on any atom is 0.274 e. The standard InChI is InChI=1S/C25H22ClN5O2/c1-15(29-24(32)22-23(28-13-12-27-22)30-17-10-11-17)20-14-16-6-5-9-19(26)21(16)25(33)31(20)18-7-3-2-4-8-18/h2-9,12-15,17H,10-11H2,1H3,(H,28,30)(H,29,32). The number of pyridine rings is 1. The first-order chi connectivity index (χ1) is 16.0. The monoisotopic (exact) mass is 459 g/mol. The Morgan fingerprint density at radius 3 is 2.61 bits per heavy atom. The van der Waals surface area contributed by atoms with E-state index >= 15 is 0 Å². The van der Waals surface area contributed by atoms with Crippen molar-refractivity contribution < 1.29 is 4.79 Å². The van der Waals surface area contributed by atoms with E-state index in [0.29, 0.717) is 39.0 Å².